The summed E-state index contributed by atoms with van der Waals surface area (Å²) in [7, 11) is 1.56. The van der Waals surface area contributed by atoms with E-state index in [0.717, 1.165) is 16.5 Å². The van der Waals surface area contributed by atoms with Crippen LogP contribution in [0.3, 0.4) is 0 Å². The fourth-order valence-corrected chi connectivity index (χ4v) is 3.21. The van der Waals surface area contributed by atoms with Crippen LogP contribution in [0.25, 0.3) is 10.9 Å². The molecule has 0 bridgehead atoms. The predicted octanol–water partition coefficient (Wildman–Crippen LogP) is 3.34. The summed E-state index contributed by atoms with van der Waals surface area (Å²) >= 11 is 3.36. The maximum atomic E-state index is 12.6. The van der Waals surface area contributed by atoms with Crippen molar-refractivity contribution >= 4 is 26.8 Å². The van der Waals surface area contributed by atoms with E-state index in [0.29, 0.717) is 22.4 Å². The Morgan fingerprint density at radius 1 is 1.29 bits per heavy atom. The van der Waals surface area contributed by atoms with Crippen molar-refractivity contribution in [2.75, 3.05) is 13.7 Å². The molecule has 0 spiro atoms. The smallest absolute Gasteiger partial charge is 0.261 e. The van der Waals surface area contributed by atoms with Crippen molar-refractivity contribution < 1.29 is 14.6 Å². The van der Waals surface area contributed by atoms with E-state index >= 15 is 0 Å². The molecule has 3 aromatic rings. The van der Waals surface area contributed by atoms with Crippen molar-refractivity contribution in [3.63, 3.8) is 0 Å². The van der Waals surface area contributed by atoms with Gasteiger partial charge in [0.25, 0.3) is 5.56 Å². The molecule has 28 heavy (non-hydrogen) atoms. The molecule has 1 atom stereocenters. The van der Waals surface area contributed by atoms with Crippen LogP contribution in [-0.4, -0.2) is 34.5 Å². The summed E-state index contributed by atoms with van der Waals surface area (Å²) in [5, 5.41) is 10.8. The molecule has 0 aliphatic heterocycles. The van der Waals surface area contributed by atoms with Crippen LogP contribution in [0.5, 0.6) is 11.5 Å². The number of aliphatic hydroxyl groups is 1. The molecule has 1 heterocycles. The molecular formula is C21H21BrN2O4. The number of aliphatic hydroxyl groups excluding tert-OH is 1. The summed E-state index contributed by atoms with van der Waals surface area (Å²) in [6.07, 6.45) is 3.09. The Hall–Kier alpha value is -2.64. The highest BCUT2D eigenvalue weighted by atomic mass is 79.9. The highest BCUT2D eigenvalue weighted by molar-refractivity contribution is 9.10. The van der Waals surface area contributed by atoms with Crippen molar-refractivity contribution in [2.45, 2.75) is 19.1 Å². The molecule has 2 aromatic carbocycles. The van der Waals surface area contributed by atoms with Gasteiger partial charge >= 0.3 is 0 Å². The Morgan fingerprint density at radius 3 is 2.86 bits per heavy atom. The van der Waals surface area contributed by atoms with Crippen LogP contribution >= 0.6 is 15.9 Å². The predicted molar refractivity (Wildman–Crippen MR) is 112 cm³/mol. The minimum absolute atomic E-state index is 0.0140. The maximum absolute atomic E-state index is 12.6. The number of fused-ring (bicyclic) bond motifs is 1. The van der Waals surface area contributed by atoms with Crippen molar-refractivity contribution in [1.82, 2.24) is 9.55 Å². The number of halogens is 1. The molecule has 0 unspecified atom stereocenters. The molecular weight excluding hydrogens is 424 g/mol. The van der Waals surface area contributed by atoms with E-state index in [-0.39, 0.29) is 18.7 Å². The van der Waals surface area contributed by atoms with E-state index in [9.17, 15) is 9.90 Å². The first kappa shape index (κ1) is 20.1. The number of methoxy groups -OCH3 is 1. The van der Waals surface area contributed by atoms with E-state index in [1.54, 1.807) is 25.3 Å². The molecule has 7 heteroatoms. The number of allylic oxidation sites excluding steroid dienone is 1. The summed E-state index contributed by atoms with van der Waals surface area (Å²) < 4.78 is 13.2. The zero-order valence-corrected chi connectivity index (χ0v) is 17.1. The van der Waals surface area contributed by atoms with Gasteiger partial charge in [-0.1, -0.05) is 28.1 Å². The summed E-state index contributed by atoms with van der Waals surface area (Å²) in [5.74, 6) is 1.11. The number of hydrogen-bond donors (Lipinski definition) is 1. The van der Waals surface area contributed by atoms with Crippen LogP contribution in [0, 0.1) is 0 Å². The largest absolute Gasteiger partial charge is 0.493 e. The van der Waals surface area contributed by atoms with Crippen LogP contribution in [0.1, 0.15) is 5.56 Å². The number of ether oxygens (including phenoxy) is 2. The molecule has 0 saturated carbocycles. The lowest BCUT2D eigenvalue weighted by molar-refractivity contribution is 0.0900. The second-order valence-corrected chi connectivity index (χ2v) is 7.22. The molecule has 0 amide bonds. The lowest BCUT2D eigenvalue weighted by Crippen LogP contribution is -2.30. The highest BCUT2D eigenvalue weighted by Crippen LogP contribution is 2.28. The second kappa shape index (κ2) is 9.03. The van der Waals surface area contributed by atoms with E-state index in [1.165, 1.54) is 10.9 Å². The van der Waals surface area contributed by atoms with Gasteiger partial charge in [0.15, 0.2) is 11.5 Å². The second-order valence-electron chi connectivity index (χ2n) is 6.31. The highest BCUT2D eigenvalue weighted by Gasteiger charge is 2.12. The first-order valence-corrected chi connectivity index (χ1v) is 9.54. The first-order chi connectivity index (χ1) is 13.5. The van der Waals surface area contributed by atoms with Crippen LogP contribution in [0.2, 0.25) is 0 Å². The third-order valence-corrected chi connectivity index (χ3v) is 4.73. The number of hydrogen-bond acceptors (Lipinski definition) is 5. The lowest BCUT2D eigenvalue weighted by Gasteiger charge is -2.16. The third-order valence-electron chi connectivity index (χ3n) is 4.23. The summed E-state index contributed by atoms with van der Waals surface area (Å²) in [5.41, 5.74) is 1.45. The van der Waals surface area contributed by atoms with E-state index < -0.39 is 6.10 Å². The minimum atomic E-state index is -0.887. The summed E-state index contributed by atoms with van der Waals surface area (Å²) in [6, 6.07) is 10.9. The van der Waals surface area contributed by atoms with Gasteiger partial charge < -0.3 is 14.6 Å². The molecule has 0 fully saturated rings. The van der Waals surface area contributed by atoms with E-state index in [4.69, 9.17) is 9.47 Å². The van der Waals surface area contributed by atoms with E-state index in [2.05, 4.69) is 27.5 Å². The summed E-state index contributed by atoms with van der Waals surface area (Å²) in [4.78, 5) is 16.9. The standard InChI is InChI=1S/C21H21BrN2O4/c1-3-4-14-5-8-19(20(9-14)27-2)28-12-16(25)11-24-13-23-18-7-6-15(22)10-17(18)21(24)26/h3,5-10,13,16,25H,1,4,11-12H2,2H3/t16-/m0/s1. The Bertz CT molecular complexity index is 1050. The van der Waals surface area contributed by atoms with Crippen LogP contribution in [0.15, 0.2) is 64.6 Å². The van der Waals surface area contributed by atoms with Crippen LogP contribution in [-0.2, 0) is 13.0 Å². The van der Waals surface area contributed by atoms with Gasteiger partial charge in [0.05, 0.1) is 30.9 Å². The van der Waals surface area contributed by atoms with Crippen LogP contribution in [0.4, 0.5) is 0 Å². The van der Waals surface area contributed by atoms with Crippen LogP contribution < -0.4 is 15.0 Å². The van der Waals surface area contributed by atoms with Gasteiger partial charge in [0.1, 0.15) is 12.7 Å². The van der Waals surface area contributed by atoms with Gasteiger partial charge in [-0.15, -0.1) is 6.58 Å². The molecule has 1 N–H and O–H groups in total. The van der Waals surface area contributed by atoms with Crippen molar-refractivity contribution in [1.29, 1.82) is 0 Å². The Labute approximate surface area is 171 Å². The number of benzene rings is 2. The first-order valence-electron chi connectivity index (χ1n) is 8.75. The molecule has 6 nitrogen and oxygen atoms in total. The van der Waals surface area contributed by atoms with Gasteiger partial charge in [0, 0.05) is 4.47 Å². The third kappa shape index (κ3) is 4.61. The van der Waals surface area contributed by atoms with Crippen molar-refractivity contribution in [3.8, 4) is 11.5 Å². The molecule has 1 aromatic heterocycles. The molecule has 0 saturated heterocycles. The SMILES string of the molecule is C=CCc1ccc(OC[C@@H](O)Cn2cnc3ccc(Br)cc3c2=O)c(OC)c1. The fourth-order valence-electron chi connectivity index (χ4n) is 2.85. The number of aromatic nitrogens is 2. The number of nitrogens with zero attached hydrogens (tertiary/aromatic N) is 2. The van der Waals surface area contributed by atoms with Gasteiger partial charge in [-0.25, -0.2) is 4.98 Å². The van der Waals surface area contributed by atoms with E-state index in [1.807, 2.05) is 24.3 Å². The van der Waals surface area contributed by atoms with Crippen molar-refractivity contribution in [2.24, 2.45) is 0 Å². The monoisotopic (exact) mass is 444 g/mol. The van der Waals surface area contributed by atoms with Gasteiger partial charge in [-0.3, -0.25) is 9.36 Å². The molecule has 146 valence electrons. The molecule has 0 radical (unpaired) electrons. The Morgan fingerprint density at radius 2 is 2.11 bits per heavy atom. The Kier molecular flexibility index (Phi) is 6.49. The Balaban J connectivity index is 1.70. The van der Waals surface area contributed by atoms with Gasteiger partial charge in [-0.05, 0) is 42.3 Å². The van der Waals surface area contributed by atoms with Crippen molar-refractivity contribution in [3.05, 3.63) is 75.8 Å². The topological polar surface area (TPSA) is 73.6 Å². The minimum Gasteiger partial charge on any atom is -0.493 e. The normalized spacial score (nSPS) is 12.0. The zero-order valence-electron chi connectivity index (χ0n) is 15.5. The molecule has 3 rings (SSSR count). The maximum Gasteiger partial charge on any atom is 0.261 e. The summed E-state index contributed by atoms with van der Waals surface area (Å²) in [6.45, 7) is 3.81. The lowest BCUT2D eigenvalue weighted by atomic mass is 10.1. The number of rotatable bonds is 8. The average molecular weight is 445 g/mol. The quantitative estimate of drug-likeness (QED) is 0.539. The van der Waals surface area contributed by atoms with Gasteiger partial charge in [0.2, 0.25) is 0 Å². The van der Waals surface area contributed by atoms with Gasteiger partial charge in [-0.2, -0.15) is 0 Å². The average Bonchev–Trinajstić information content (AvgIpc) is 2.69. The zero-order chi connectivity index (χ0) is 20.1. The fraction of sp³-hybridized carbons (Fsp3) is 0.238. The molecule has 0 aliphatic rings. The molecule has 0 aliphatic carbocycles.